The lowest BCUT2D eigenvalue weighted by Gasteiger charge is -2.32. The van der Waals surface area contributed by atoms with Crippen molar-refractivity contribution in [2.24, 2.45) is 0 Å². The van der Waals surface area contributed by atoms with Gasteiger partial charge in [0.15, 0.2) is 0 Å². The van der Waals surface area contributed by atoms with Crippen molar-refractivity contribution in [3.8, 4) is 11.5 Å². The van der Waals surface area contributed by atoms with Crippen molar-refractivity contribution in [3.05, 3.63) is 73.1 Å². The van der Waals surface area contributed by atoms with Gasteiger partial charge in [-0.3, -0.25) is 9.97 Å². The zero-order valence-electron chi connectivity index (χ0n) is 23.8. The van der Waals surface area contributed by atoms with Crippen molar-refractivity contribution in [2.45, 2.75) is 25.0 Å². The first-order valence-electron chi connectivity index (χ1n) is 14.0. The minimum absolute atomic E-state index is 0.279. The average Bonchev–Trinajstić information content (AvgIpc) is 3.01. The van der Waals surface area contributed by atoms with Crippen LogP contribution in [-0.4, -0.2) is 87.2 Å². The SMILES string of the molecule is C[C@@]1(COc2cccc3cccnc23)COCCOCCOC[C@@](C)(COc2cccc3cccnc23)OCCO1. The fourth-order valence-corrected chi connectivity index (χ4v) is 4.59. The van der Waals surface area contributed by atoms with E-state index in [1.54, 1.807) is 12.4 Å². The average molecular weight is 563 g/mol. The molecule has 1 aliphatic heterocycles. The standard InChI is InChI=1S/C32H38N2O7/c1-31(23-38-27-11-3-7-25-9-5-13-33-29(25)27)21-36-17-15-35-16-18-37-22-32(2,41-20-19-40-31)24-39-28-12-4-8-26-10-6-14-34-30(26)28/h3-14H,15-24H2,1-2H3/t31-,32-/m0/s1. The number of nitrogens with zero attached hydrogens (tertiary/aromatic N) is 2. The van der Waals surface area contributed by atoms with Gasteiger partial charge in [0.05, 0.1) is 52.9 Å². The molecule has 3 heterocycles. The van der Waals surface area contributed by atoms with Gasteiger partial charge in [-0.25, -0.2) is 0 Å². The molecule has 2 aromatic heterocycles. The molecule has 0 radical (unpaired) electrons. The monoisotopic (exact) mass is 562 g/mol. The number of hydrogen-bond acceptors (Lipinski definition) is 9. The lowest BCUT2D eigenvalue weighted by molar-refractivity contribution is -0.149. The molecule has 0 saturated carbocycles. The van der Waals surface area contributed by atoms with E-state index >= 15 is 0 Å². The molecule has 0 bridgehead atoms. The van der Waals surface area contributed by atoms with Crippen LogP contribution < -0.4 is 9.47 Å². The minimum Gasteiger partial charge on any atom is -0.488 e. The van der Waals surface area contributed by atoms with Crippen LogP contribution in [0.1, 0.15) is 13.8 Å². The Kier molecular flexibility index (Phi) is 9.97. The van der Waals surface area contributed by atoms with Gasteiger partial charge < -0.3 is 33.2 Å². The first-order chi connectivity index (χ1) is 20.0. The molecule has 218 valence electrons. The number of ether oxygens (including phenoxy) is 7. The Morgan fingerprint density at radius 1 is 0.585 bits per heavy atom. The van der Waals surface area contributed by atoms with Crippen LogP contribution in [0.2, 0.25) is 0 Å². The molecule has 9 nitrogen and oxygen atoms in total. The fraction of sp³-hybridized carbons (Fsp3) is 0.438. The second kappa shape index (κ2) is 14.0. The van der Waals surface area contributed by atoms with E-state index in [-0.39, 0.29) is 13.2 Å². The van der Waals surface area contributed by atoms with Gasteiger partial charge in [0.1, 0.15) is 46.9 Å². The van der Waals surface area contributed by atoms with Crippen molar-refractivity contribution in [1.82, 2.24) is 9.97 Å². The van der Waals surface area contributed by atoms with E-state index in [1.807, 2.05) is 74.5 Å². The van der Waals surface area contributed by atoms with Gasteiger partial charge in [0.2, 0.25) is 0 Å². The van der Waals surface area contributed by atoms with Gasteiger partial charge in [0.25, 0.3) is 0 Å². The molecule has 4 aromatic rings. The molecule has 1 fully saturated rings. The second-order valence-corrected chi connectivity index (χ2v) is 10.6. The Bertz CT molecular complexity index is 1290. The lowest BCUT2D eigenvalue weighted by Crippen LogP contribution is -2.44. The summed E-state index contributed by atoms with van der Waals surface area (Å²) in [4.78, 5) is 8.98. The largest absolute Gasteiger partial charge is 0.488 e. The molecule has 9 heteroatoms. The molecule has 41 heavy (non-hydrogen) atoms. The van der Waals surface area contributed by atoms with Gasteiger partial charge in [-0.1, -0.05) is 36.4 Å². The first kappa shape index (κ1) is 29.2. The number of para-hydroxylation sites is 2. The maximum atomic E-state index is 6.33. The smallest absolute Gasteiger partial charge is 0.145 e. The van der Waals surface area contributed by atoms with Crippen molar-refractivity contribution < 1.29 is 33.2 Å². The van der Waals surface area contributed by atoms with Crippen molar-refractivity contribution in [2.75, 3.05) is 66.1 Å². The molecule has 2 aromatic carbocycles. The highest BCUT2D eigenvalue weighted by molar-refractivity contribution is 5.84. The molecule has 1 aliphatic rings. The zero-order chi connectivity index (χ0) is 28.4. The van der Waals surface area contributed by atoms with Gasteiger partial charge in [-0.05, 0) is 38.1 Å². The summed E-state index contributed by atoms with van der Waals surface area (Å²) in [5, 5.41) is 2.03. The van der Waals surface area contributed by atoms with E-state index < -0.39 is 11.2 Å². The van der Waals surface area contributed by atoms with Crippen LogP contribution in [0.4, 0.5) is 0 Å². The molecule has 0 unspecified atom stereocenters. The summed E-state index contributed by atoms with van der Waals surface area (Å²) < 4.78 is 42.6. The summed E-state index contributed by atoms with van der Waals surface area (Å²) in [6.07, 6.45) is 3.53. The molecule has 0 aliphatic carbocycles. The Morgan fingerprint density at radius 2 is 1.02 bits per heavy atom. The predicted octanol–water partition coefficient (Wildman–Crippen LogP) is 4.85. The van der Waals surface area contributed by atoms with Gasteiger partial charge >= 0.3 is 0 Å². The van der Waals surface area contributed by atoms with Crippen LogP contribution in [0, 0.1) is 0 Å². The Balaban J connectivity index is 1.23. The van der Waals surface area contributed by atoms with Crippen molar-refractivity contribution >= 4 is 21.8 Å². The van der Waals surface area contributed by atoms with Crippen LogP contribution in [-0.2, 0) is 23.7 Å². The van der Waals surface area contributed by atoms with Crippen LogP contribution >= 0.6 is 0 Å². The molecule has 0 amide bonds. The number of fused-ring (bicyclic) bond motifs is 2. The van der Waals surface area contributed by atoms with Crippen molar-refractivity contribution in [1.29, 1.82) is 0 Å². The van der Waals surface area contributed by atoms with Gasteiger partial charge in [-0.15, -0.1) is 0 Å². The van der Waals surface area contributed by atoms with E-state index in [1.165, 1.54) is 0 Å². The molecule has 0 N–H and O–H groups in total. The summed E-state index contributed by atoms with van der Waals surface area (Å²) in [7, 11) is 0. The highest BCUT2D eigenvalue weighted by Gasteiger charge is 2.30. The van der Waals surface area contributed by atoms with Crippen LogP contribution in [0.3, 0.4) is 0 Å². The predicted molar refractivity (Wildman–Crippen MR) is 156 cm³/mol. The number of aromatic nitrogens is 2. The van der Waals surface area contributed by atoms with E-state index in [4.69, 9.17) is 33.2 Å². The summed E-state index contributed by atoms with van der Waals surface area (Å²) in [6.45, 7) is 7.63. The van der Waals surface area contributed by atoms with Gasteiger partial charge in [0, 0.05) is 23.2 Å². The number of rotatable bonds is 6. The maximum absolute atomic E-state index is 6.33. The van der Waals surface area contributed by atoms with E-state index in [9.17, 15) is 0 Å². The Morgan fingerprint density at radius 3 is 1.51 bits per heavy atom. The number of hydrogen-bond donors (Lipinski definition) is 0. The minimum atomic E-state index is -0.724. The maximum Gasteiger partial charge on any atom is 0.145 e. The third-order valence-electron chi connectivity index (χ3n) is 6.80. The molecule has 5 rings (SSSR count). The Hall–Kier alpha value is -3.34. The van der Waals surface area contributed by atoms with Crippen LogP contribution in [0.5, 0.6) is 11.5 Å². The molecular formula is C32H38N2O7. The topological polar surface area (TPSA) is 90.4 Å². The van der Waals surface area contributed by atoms with Crippen LogP contribution in [0.25, 0.3) is 21.8 Å². The number of benzene rings is 2. The second-order valence-electron chi connectivity index (χ2n) is 10.6. The zero-order valence-corrected chi connectivity index (χ0v) is 23.8. The highest BCUT2D eigenvalue weighted by atomic mass is 16.6. The lowest BCUT2D eigenvalue weighted by atomic mass is 10.1. The summed E-state index contributed by atoms with van der Waals surface area (Å²) in [5.74, 6) is 1.40. The third kappa shape index (κ3) is 8.12. The van der Waals surface area contributed by atoms with Gasteiger partial charge in [-0.2, -0.15) is 0 Å². The summed E-state index contributed by atoms with van der Waals surface area (Å²) in [5.41, 5.74) is 0.174. The molecule has 0 spiro atoms. The van der Waals surface area contributed by atoms with E-state index in [0.717, 1.165) is 21.8 Å². The van der Waals surface area contributed by atoms with E-state index in [0.29, 0.717) is 64.4 Å². The number of pyridine rings is 2. The normalized spacial score (nSPS) is 23.5. The fourth-order valence-electron chi connectivity index (χ4n) is 4.59. The van der Waals surface area contributed by atoms with Crippen molar-refractivity contribution in [3.63, 3.8) is 0 Å². The quantitative estimate of drug-likeness (QED) is 0.327. The third-order valence-corrected chi connectivity index (χ3v) is 6.80. The highest BCUT2D eigenvalue weighted by Crippen LogP contribution is 2.26. The summed E-state index contributed by atoms with van der Waals surface area (Å²) >= 11 is 0. The summed E-state index contributed by atoms with van der Waals surface area (Å²) in [6, 6.07) is 19.6. The molecule has 1 saturated heterocycles. The first-order valence-corrected chi connectivity index (χ1v) is 14.0. The molecule has 2 atom stereocenters. The van der Waals surface area contributed by atoms with Crippen LogP contribution in [0.15, 0.2) is 73.1 Å². The molecular weight excluding hydrogens is 524 g/mol. The Labute approximate surface area is 240 Å². The van der Waals surface area contributed by atoms with E-state index in [2.05, 4.69) is 9.97 Å².